The molecule has 0 aliphatic carbocycles. The van der Waals surface area contributed by atoms with Gasteiger partial charge in [0.2, 0.25) is 0 Å². The zero-order valence-electron chi connectivity index (χ0n) is 14.9. The van der Waals surface area contributed by atoms with Crippen molar-refractivity contribution in [2.45, 2.75) is 51.4 Å². The number of aliphatic carboxylic acids is 1. The Bertz CT molecular complexity index is 506. The van der Waals surface area contributed by atoms with Crippen LogP contribution in [0.3, 0.4) is 0 Å². The van der Waals surface area contributed by atoms with Crippen LogP contribution in [0.5, 0.6) is 11.5 Å². The van der Waals surface area contributed by atoms with Crippen LogP contribution in [0.15, 0.2) is 18.2 Å². The third kappa shape index (κ3) is 10.7. The van der Waals surface area contributed by atoms with Crippen LogP contribution in [0.2, 0.25) is 0 Å². The number of rotatable bonds is 11. The molecule has 0 atom stereocenters. The summed E-state index contributed by atoms with van der Waals surface area (Å²) in [7, 11) is 1.48. The Kier molecular flexibility index (Phi) is 16.6. The molecule has 0 bridgehead atoms. The molecular formula is C17H22Na2O5. The average molecular weight is 352 g/mol. The second kappa shape index (κ2) is 15.2. The number of carbonyl (C=O) groups excluding carboxylic acids is 2. The first-order valence-corrected chi connectivity index (χ1v) is 7.62. The monoisotopic (exact) mass is 352 g/mol. The second-order valence-corrected chi connectivity index (χ2v) is 5.28. The summed E-state index contributed by atoms with van der Waals surface area (Å²) >= 11 is 0. The maximum Gasteiger partial charge on any atom is 1.00 e. The van der Waals surface area contributed by atoms with Crippen molar-refractivity contribution in [2.24, 2.45) is 0 Å². The smallest absolute Gasteiger partial charge is 0.872 e. The van der Waals surface area contributed by atoms with E-state index < -0.39 is 5.97 Å². The summed E-state index contributed by atoms with van der Waals surface area (Å²) in [6, 6.07) is 4.46. The van der Waals surface area contributed by atoms with E-state index >= 15 is 0 Å². The molecule has 0 heterocycles. The minimum atomic E-state index is -1.00. The van der Waals surface area contributed by atoms with Crippen LogP contribution in [0.4, 0.5) is 0 Å². The molecule has 24 heavy (non-hydrogen) atoms. The van der Waals surface area contributed by atoms with Crippen LogP contribution >= 0.6 is 0 Å². The molecule has 0 N–H and O–H groups in total. The summed E-state index contributed by atoms with van der Waals surface area (Å²) in [5.41, 5.74) is 0.217. The second-order valence-electron chi connectivity index (χ2n) is 5.28. The summed E-state index contributed by atoms with van der Waals surface area (Å²) in [6.07, 6.45) is 5.55. The number of unbranched alkanes of at least 4 members (excludes halogenated alkanes) is 5. The SMILES string of the molecule is COc1ccc(C(=O)CCCCCCCCC(=O)[O-])c([O-])c1.[Na+].[Na+]. The summed E-state index contributed by atoms with van der Waals surface area (Å²) in [4.78, 5) is 22.2. The molecule has 0 aromatic heterocycles. The number of ether oxygens (including phenoxy) is 1. The summed E-state index contributed by atoms with van der Waals surface area (Å²) < 4.78 is 4.94. The van der Waals surface area contributed by atoms with Gasteiger partial charge < -0.3 is 19.7 Å². The molecule has 1 rings (SSSR count). The predicted molar refractivity (Wildman–Crippen MR) is 78.7 cm³/mol. The number of hydrogen-bond donors (Lipinski definition) is 0. The van der Waals surface area contributed by atoms with Crippen molar-refractivity contribution >= 4 is 11.8 Å². The molecule has 7 heteroatoms. The molecule has 0 spiro atoms. The van der Waals surface area contributed by atoms with Crippen LogP contribution in [-0.4, -0.2) is 18.9 Å². The number of carboxylic acid groups (broad SMARTS) is 1. The Hall–Kier alpha value is -0.0400. The van der Waals surface area contributed by atoms with Gasteiger partial charge >= 0.3 is 59.1 Å². The van der Waals surface area contributed by atoms with Gasteiger partial charge in [0.25, 0.3) is 0 Å². The largest absolute Gasteiger partial charge is 1.00 e. The fourth-order valence-electron chi connectivity index (χ4n) is 2.26. The van der Waals surface area contributed by atoms with Crippen molar-refractivity contribution in [1.82, 2.24) is 0 Å². The van der Waals surface area contributed by atoms with E-state index in [-0.39, 0.29) is 82.6 Å². The molecule has 5 nitrogen and oxygen atoms in total. The zero-order valence-corrected chi connectivity index (χ0v) is 18.9. The normalized spacial score (nSPS) is 9.54. The number of carbonyl (C=O) groups is 2. The summed E-state index contributed by atoms with van der Waals surface area (Å²) in [5.74, 6) is -0.979. The van der Waals surface area contributed by atoms with Gasteiger partial charge in [0.15, 0.2) is 5.78 Å². The number of ketones is 1. The van der Waals surface area contributed by atoms with Crippen LogP contribution in [0, 0.1) is 0 Å². The third-order valence-electron chi connectivity index (χ3n) is 3.52. The summed E-state index contributed by atoms with van der Waals surface area (Å²) in [6.45, 7) is 0. The van der Waals surface area contributed by atoms with E-state index in [1.807, 2.05) is 0 Å². The van der Waals surface area contributed by atoms with Gasteiger partial charge in [-0.2, -0.15) is 0 Å². The molecule has 0 aliphatic rings. The Morgan fingerprint density at radius 1 is 0.958 bits per heavy atom. The van der Waals surface area contributed by atoms with Crippen molar-refractivity contribution in [1.29, 1.82) is 0 Å². The number of benzene rings is 1. The zero-order chi connectivity index (χ0) is 16.4. The first-order chi connectivity index (χ1) is 10.5. The Morgan fingerprint density at radius 3 is 2.00 bits per heavy atom. The van der Waals surface area contributed by atoms with Crippen LogP contribution in [0.25, 0.3) is 0 Å². The van der Waals surface area contributed by atoms with Gasteiger partial charge in [0, 0.05) is 18.0 Å². The van der Waals surface area contributed by atoms with E-state index in [1.165, 1.54) is 19.2 Å². The number of hydrogen-bond acceptors (Lipinski definition) is 5. The molecular weight excluding hydrogens is 330 g/mol. The van der Waals surface area contributed by atoms with Gasteiger partial charge in [-0.05, 0) is 37.5 Å². The van der Waals surface area contributed by atoms with Crippen molar-refractivity contribution in [2.75, 3.05) is 7.11 Å². The van der Waals surface area contributed by atoms with Crippen LogP contribution in [0.1, 0.15) is 61.7 Å². The molecule has 0 fully saturated rings. The third-order valence-corrected chi connectivity index (χ3v) is 3.52. The standard InChI is InChI=1S/C17H24O5.2Na/c1-22-13-10-11-14(16(19)12-13)15(18)8-6-4-2-3-5-7-9-17(20)21;;/h10-12,19H,2-9H2,1H3,(H,20,21);;/q;2*+1/p-2. The predicted octanol–water partition coefficient (Wildman–Crippen LogP) is -4.17. The quantitative estimate of drug-likeness (QED) is 0.229. The molecule has 1 aromatic carbocycles. The topological polar surface area (TPSA) is 89.5 Å². The van der Waals surface area contributed by atoms with Crippen molar-refractivity contribution in [3.8, 4) is 11.5 Å². The Labute approximate surface area is 187 Å². The maximum atomic E-state index is 12.0. The fraction of sp³-hybridized carbons (Fsp3) is 0.529. The first kappa shape index (κ1) is 26.2. The van der Waals surface area contributed by atoms with E-state index in [1.54, 1.807) is 6.07 Å². The minimum Gasteiger partial charge on any atom is -0.872 e. The average Bonchev–Trinajstić information content (AvgIpc) is 2.49. The van der Waals surface area contributed by atoms with E-state index in [0.29, 0.717) is 18.6 Å². The summed E-state index contributed by atoms with van der Waals surface area (Å²) in [5, 5.41) is 22.0. The number of Topliss-reactive ketones (excluding diaryl/α,β-unsaturated/α-hetero) is 1. The van der Waals surface area contributed by atoms with Crippen molar-refractivity contribution in [3.05, 3.63) is 23.8 Å². The van der Waals surface area contributed by atoms with Crippen molar-refractivity contribution in [3.63, 3.8) is 0 Å². The van der Waals surface area contributed by atoms with Gasteiger partial charge in [-0.15, -0.1) is 0 Å². The number of methoxy groups -OCH3 is 1. The Morgan fingerprint density at radius 2 is 1.50 bits per heavy atom. The molecule has 0 unspecified atom stereocenters. The first-order valence-electron chi connectivity index (χ1n) is 7.62. The molecule has 0 saturated heterocycles. The minimum absolute atomic E-state index is 0. The van der Waals surface area contributed by atoms with Gasteiger partial charge in [0.05, 0.1) is 7.11 Å². The maximum absolute atomic E-state index is 12.0. The van der Waals surface area contributed by atoms with E-state index in [2.05, 4.69) is 0 Å². The van der Waals surface area contributed by atoms with Crippen LogP contribution in [-0.2, 0) is 4.79 Å². The van der Waals surface area contributed by atoms with E-state index in [0.717, 1.165) is 32.1 Å². The molecule has 0 aliphatic heterocycles. The molecule has 122 valence electrons. The molecule has 0 radical (unpaired) electrons. The van der Waals surface area contributed by atoms with Crippen LogP contribution < -0.4 is 74.1 Å². The van der Waals surface area contributed by atoms with Crippen molar-refractivity contribution < 1.29 is 83.7 Å². The number of carboxylic acids is 1. The van der Waals surface area contributed by atoms with E-state index in [4.69, 9.17) is 4.74 Å². The van der Waals surface area contributed by atoms with Gasteiger partial charge in [0.1, 0.15) is 5.75 Å². The van der Waals surface area contributed by atoms with Gasteiger partial charge in [-0.25, -0.2) is 0 Å². The van der Waals surface area contributed by atoms with E-state index in [9.17, 15) is 19.8 Å². The fourth-order valence-corrected chi connectivity index (χ4v) is 2.26. The molecule has 1 aromatic rings. The van der Waals surface area contributed by atoms with Gasteiger partial charge in [-0.1, -0.05) is 31.4 Å². The molecule has 0 saturated carbocycles. The van der Waals surface area contributed by atoms with Gasteiger partial charge in [-0.3, -0.25) is 4.79 Å². The molecule has 0 amide bonds. The Balaban J connectivity index is 0.